The molecule has 2 rings (SSSR count). The molecule has 7 heteroatoms. The van der Waals surface area contributed by atoms with Crippen molar-refractivity contribution in [3.05, 3.63) is 41.7 Å². The number of rotatable bonds is 7. The van der Waals surface area contributed by atoms with Crippen molar-refractivity contribution in [2.45, 2.75) is 25.9 Å². The van der Waals surface area contributed by atoms with E-state index in [1.165, 1.54) is 0 Å². The number of carbonyl (C=O) groups is 1. The van der Waals surface area contributed by atoms with Gasteiger partial charge in [0.05, 0.1) is 6.20 Å². The van der Waals surface area contributed by atoms with Crippen molar-refractivity contribution < 1.29 is 9.90 Å². The van der Waals surface area contributed by atoms with E-state index in [4.69, 9.17) is 10.8 Å². The van der Waals surface area contributed by atoms with Gasteiger partial charge < -0.3 is 16.2 Å². The van der Waals surface area contributed by atoms with E-state index in [-0.39, 0.29) is 6.61 Å². The summed E-state index contributed by atoms with van der Waals surface area (Å²) in [6.07, 6.45) is 2.24. The molecule has 0 fully saturated rings. The molecular formula is C14H19N5O2. The molecule has 2 aromatic rings. The van der Waals surface area contributed by atoms with Crippen molar-refractivity contribution >= 4 is 11.6 Å². The van der Waals surface area contributed by atoms with Crippen molar-refractivity contribution in [1.82, 2.24) is 15.0 Å². The van der Waals surface area contributed by atoms with Gasteiger partial charge in [-0.25, -0.2) is 0 Å². The van der Waals surface area contributed by atoms with Crippen molar-refractivity contribution in [3.63, 3.8) is 0 Å². The topological polar surface area (TPSA) is 106 Å². The smallest absolute Gasteiger partial charge is 0.246 e. The van der Waals surface area contributed by atoms with Gasteiger partial charge in [-0.3, -0.25) is 9.48 Å². The van der Waals surface area contributed by atoms with Gasteiger partial charge in [-0.1, -0.05) is 17.3 Å². The number of primary amides is 1. The number of hydrogen-bond donors (Lipinski definition) is 3. The molecule has 1 unspecified atom stereocenters. The lowest BCUT2D eigenvalue weighted by Crippen LogP contribution is -2.28. The minimum atomic E-state index is -0.741. The van der Waals surface area contributed by atoms with Gasteiger partial charge in [-0.2, -0.15) is 0 Å². The Labute approximate surface area is 122 Å². The molecule has 0 bridgehead atoms. The van der Waals surface area contributed by atoms with Crippen LogP contribution in [0.15, 0.2) is 30.5 Å². The maximum Gasteiger partial charge on any atom is 0.246 e. The molecule has 1 atom stereocenters. The lowest BCUT2D eigenvalue weighted by molar-refractivity contribution is -0.118. The first-order chi connectivity index (χ1) is 10.1. The summed E-state index contributed by atoms with van der Waals surface area (Å²) in [7, 11) is 0. The van der Waals surface area contributed by atoms with Crippen molar-refractivity contribution in [2.24, 2.45) is 5.73 Å². The van der Waals surface area contributed by atoms with E-state index < -0.39 is 11.9 Å². The Bertz CT molecular complexity index is 611. The average molecular weight is 289 g/mol. The minimum Gasteiger partial charge on any atom is -0.396 e. The van der Waals surface area contributed by atoms with E-state index in [1.54, 1.807) is 10.9 Å². The van der Waals surface area contributed by atoms with Gasteiger partial charge in [-0.15, -0.1) is 5.10 Å². The van der Waals surface area contributed by atoms with Gasteiger partial charge in [0.15, 0.2) is 6.04 Å². The van der Waals surface area contributed by atoms with Crippen LogP contribution in [0.3, 0.4) is 0 Å². The third kappa shape index (κ3) is 4.03. The molecule has 21 heavy (non-hydrogen) atoms. The van der Waals surface area contributed by atoms with Crippen molar-refractivity contribution in [2.75, 3.05) is 11.9 Å². The predicted molar refractivity (Wildman–Crippen MR) is 78.5 cm³/mol. The Morgan fingerprint density at radius 2 is 2.33 bits per heavy atom. The zero-order chi connectivity index (χ0) is 15.2. The second kappa shape index (κ2) is 6.85. The number of aliphatic hydroxyl groups is 1. The number of anilines is 1. The predicted octanol–water partition coefficient (Wildman–Crippen LogP) is 0.607. The van der Waals surface area contributed by atoms with E-state index in [1.807, 2.05) is 31.2 Å². The number of aliphatic hydroxyl groups excluding tert-OH is 1. The number of benzene rings is 1. The van der Waals surface area contributed by atoms with Crippen LogP contribution in [0.25, 0.3) is 0 Å². The van der Waals surface area contributed by atoms with Crippen LogP contribution in [0.5, 0.6) is 0 Å². The summed E-state index contributed by atoms with van der Waals surface area (Å²) in [5, 5.41) is 19.8. The van der Waals surface area contributed by atoms with Crippen LogP contribution in [-0.2, 0) is 11.3 Å². The molecule has 0 radical (unpaired) electrons. The van der Waals surface area contributed by atoms with Crippen LogP contribution in [0.4, 0.5) is 5.69 Å². The van der Waals surface area contributed by atoms with Gasteiger partial charge >= 0.3 is 0 Å². The summed E-state index contributed by atoms with van der Waals surface area (Å²) < 4.78 is 1.58. The number of nitrogens with one attached hydrogen (secondary N) is 1. The SMILES string of the molecule is Cc1cccc(NC(C(N)=O)c2cn(CCCO)nn2)c1. The molecule has 1 heterocycles. The summed E-state index contributed by atoms with van der Waals surface area (Å²) >= 11 is 0. The van der Waals surface area contributed by atoms with E-state index in [9.17, 15) is 4.79 Å². The first kappa shape index (κ1) is 15.0. The van der Waals surface area contributed by atoms with Crippen LogP contribution in [0.1, 0.15) is 23.7 Å². The fourth-order valence-electron chi connectivity index (χ4n) is 1.98. The summed E-state index contributed by atoms with van der Waals surface area (Å²) in [5.74, 6) is -0.522. The second-order valence-corrected chi connectivity index (χ2v) is 4.83. The summed E-state index contributed by atoms with van der Waals surface area (Å²) in [6, 6.07) is 6.91. The number of aryl methyl sites for hydroxylation is 2. The maximum atomic E-state index is 11.7. The monoisotopic (exact) mass is 289 g/mol. The summed E-state index contributed by atoms with van der Waals surface area (Å²) in [4.78, 5) is 11.7. The molecule has 1 amide bonds. The van der Waals surface area contributed by atoms with Crippen molar-refractivity contribution in [1.29, 1.82) is 0 Å². The van der Waals surface area contributed by atoms with E-state index in [2.05, 4.69) is 15.6 Å². The van der Waals surface area contributed by atoms with Crippen LogP contribution in [-0.4, -0.2) is 32.6 Å². The fourth-order valence-corrected chi connectivity index (χ4v) is 1.98. The molecule has 1 aromatic heterocycles. The van der Waals surface area contributed by atoms with E-state index in [0.29, 0.717) is 18.7 Å². The summed E-state index contributed by atoms with van der Waals surface area (Å²) in [5.41, 5.74) is 7.78. The Morgan fingerprint density at radius 3 is 3.00 bits per heavy atom. The quantitative estimate of drug-likeness (QED) is 0.692. The highest BCUT2D eigenvalue weighted by atomic mass is 16.3. The van der Waals surface area contributed by atoms with Gasteiger partial charge in [0.25, 0.3) is 0 Å². The third-order valence-corrected chi connectivity index (χ3v) is 3.01. The number of hydrogen-bond acceptors (Lipinski definition) is 5. The first-order valence-electron chi connectivity index (χ1n) is 6.73. The molecule has 0 saturated carbocycles. The molecule has 4 N–H and O–H groups in total. The number of carbonyl (C=O) groups excluding carboxylic acids is 1. The fraction of sp³-hybridized carbons (Fsp3) is 0.357. The Hall–Kier alpha value is -2.41. The standard InChI is InChI=1S/C14H19N5O2/c1-10-4-2-5-11(8-10)16-13(14(15)21)12-9-19(18-17-12)6-3-7-20/h2,4-5,8-9,13,16,20H,3,6-7H2,1H3,(H2,15,21). The molecule has 0 saturated heterocycles. The number of aromatic nitrogens is 3. The van der Waals surface area contributed by atoms with Crippen LogP contribution < -0.4 is 11.1 Å². The Balaban J connectivity index is 2.15. The van der Waals surface area contributed by atoms with Crippen LogP contribution in [0, 0.1) is 6.92 Å². The summed E-state index contributed by atoms with van der Waals surface area (Å²) in [6.45, 7) is 2.59. The molecule has 0 aliphatic heterocycles. The highest BCUT2D eigenvalue weighted by Crippen LogP contribution is 2.18. The first-order valence-corrected chi connectivity index (χ1v) is 6.73. The zero-order valence-corrected chi connectivity index (χ0v) is 11.9. The zero-order valence-electron chi connectivity index (χ0n) is 11.9. The van der Waals surface area contributed by atoms with Crippen molar-refractivity contribution in [3.8, 4) is 0 Å². The third-order valence-electron chi connectivity index (χ3n) is 3.01. The van der Waals surface area contributed by atoms with Crippen LogP contribution >= 0.6 is 0 Å². The molecule has 0 aliphatic carbocycles. The normalized spacial score (nSPS) is 12.1. The lowest BCUT2D eigenvalue weighted by atomic mass is 10.1. The number of nitrogens with zero attached hydrogens (tertiary/aromatic N) is 3. The molecule has 0 spiro atoms. The number of nitrogens with two attached hydrogens (primary N) is 1. The maximum absolute atomic E-state index is 11.7. The molecule has 0 aliphatic rings. The largest absolute Gasteiger partial charge is 0.396 e. The van der Waals surface area contributed by atoms with Crippen LogP contribution in [0.2, 0.25) is 0 Å². The highest BCUT2D eigenvalue weighted by Gasteiger charge is 2.21. The number of amides is 1. The lowest BCUT2D eigenvalue weighted by Gasteiger charge is -2.14. The molecule has 112 valence electrons. The van der Waals surface area contributed by atoms with E-state index >= 15 is 0 Å². The second-order valence-electron chi connectivity index (χ2n) is 4.83. The molecule has 7 nitrogen and oxygen atoms in total. The minimum absolute atomic E-state index is 0.0793. The highest BCUT2D eigenvalue weighted by molar-refractivity contribution is 5.83. The van der Waals surface area contributed by atoms with E-state index in [0.717, 1.165) is 11.3 Å². The Kier molecular flexibility index (Phi) is 4.89. The van der Waals surface area contributed by atoms with Gasteiger partial charge in [-0.05, 0) is 31.0 Å². The molecular weight excluding hydrogens is 270 g/mol. The Morgan fingerprint density at radius 1 is 1.52 bits per heavy atom. The van der Waals surface area contributed by atoms with Gasteiger partial charge in [0.1, 0.15) is 5.69 Å². The van der Waals surface area contributed by atoms with Gasteiger partial charge in [0, 0.05) is 18.8 Å². The van der Waals surface area contributed by atoms with Gasteiger partial charge in [0.2, 0.25) is 5.91 Å². The average Bonchev–Trinajstić information content (AvgIpc) is 2.91. The molecule has 1 aromatic carbocycles.